The maximum Gasteiger partial charge on any atom is 0.242 e. The minimum Gasteiger partial charge on any atom is -0.497 e. The number of carbonyl (C=O) groups is 1. The van der Waals surface area contributed by atoms with Crippen LogP contribution >= 0.6 is 11.8 Å². The Labute approximate surface area is 155 Å². The third kappa shape index (κ3) is 3.97. The lowest BCUT2D eigenvalue weighted by Crippen LogP contribution is -2.20. The van der Waals surface area contributed by atoms with E-state index in [-0.39, 0.29) is 5.91 Å². The first-order chi connectivity index (χ1) is 12.6. The summed E-state index contributed by atoms with van der Waals surface area (Å²) in [4.78, 5) is 13.0. The van der Waals surface area contributed by atoms with E-state index in [0.29, 0.717) is 22.4 Å². The van der Waals surface area contributed by atoms with Gasteiger partial charge in [-0.3, -0.25) is 4.79 Å². The number of methoxy groups -OCH3 is 1. The standard InChI is InChI=1S/C18H19N5O2S/c1-12-21-22-18(23(12)19)26-16(13-7-4-3-5-8-13)17(24)20-14-9-6-10-15(11-14)25-2/h3-11,16H,19H2,1-2H3,(H,20,24)/t16-/m0/s1. The predicted molar refractivity (Wildman–Crippen MR) is 102 cm³/mol. The van der Waals surface area contributed by atoms with Crippen molar-refractivity contribution in [2.24, 2.45) is 0 Å². The summed E-state index contributed by atoms with van der Waals surface area (Å²) >= 11 is 1.25. The van der Waals surface area contributed by atoms with E-state index in [2.05, 4.69) is 15.5 Å². The van der Waals surface area contributed by atoms with E-state index >= 15 is 0 Å². The molecule has 3 rings (SSSR count). The van der Waals surface area contributed by atoms with Crippen LogP contribution in [-0.4, -0.2) is 27.9 Å². The Bertz CT molecular complexity index is 898. The zero-order valence-corrected chi connectivity index (χ0v) is 15.2. The Morgan fingerprint density at radius 3 is 2.62 bits per heavy atom. The third-order valence-corrected chi connectivity index (χ3v) is 4.95. The molecule has 1 atom stereocenters. The quantitative estimate of drug-likeness (QED) is 0.512. The van der Waals surface area contributed by atoms with Gasteiger partial charge in [0.05, 0.1) is 7.11 Å². The molecule has 0 radical (unpaired) electrons. The fourth-order valence-electron chi connectivity index (χ4n) is 2.35. The molecule has 0 saturated carbocycles. The van der Waals surface area contributed by atoms with Crippen LogP contribution in [0.15, 0.2) is 59.8 Å². The van der Waals surface area contributed by atoms with E-state index < -0.39 is 5.25 Å². The van der Waals surface area contributed by atoms with Gasteiger partial charge < -0.3 is 15.9 Å². The number of anilines is 1. The van der Waals surface area contributed by atoms with Gasteiger partial charge in [-0.25, -0.2) is 4.68 Å². The Morgan fingerprint density at radius 2 is 1.96 bits per heavy atom. The molecule has 0 aliphatic rings. The summed E-state index contributed by atoms with van der Waals surface area (Å²) in [6.07, 6.45) is 0. The number of thioether (sulfide) groups is 1. The van der Waals surface area contributed by atoms with Crippen molar-refractivity contribution in [2.45, 2.75) is 17.3 Å². The van der Waals surface area contributed by atoms with E-state index in [9.17, 15) is 4.79 Å². The third-order valence-electron chi connectivity index (χ3n) is 3.74. The molecule has 0 aliphatic carbocycles. The van der Waals surface area contributed by atoms with Crippen LogP contribution < -0.4 is 15.9 Å². The van der Waals surface area contributed by atoms with Gasteiger partial charge in [0.2, 0.25) is 11.1 Å². The molecule has 1 amide bonds. The van der Waals surface area contributed by atoms with E-state index in [1.807, 2.05) is 48.5 Å². The summed E-state index contributed by atoms with van der Waals surface area (Å²) in [5.74, 6) is 7.00. The first-order valence-electron chi connectivity index (χ1n) is 7.92. The number of aromatic nitrogens is 3. The number of amides is 1. The number of aryl methyl sites for hydroxylation is 1. The van der Waals surface area contributed by atoms with Crippen LogP contribution in [0.2, 0.25) is 0 Å². The molecule has 8 heteroatoms. The molecule has 0 aliphatic heterocycles. The van der Waals surface area contributed by atoms with Gasteiger partial charge in [-0.15, -0.1) is 10.2 Å². The first kappa shape index (κ1) is 17.8. The van der Waals surface area contributed by atoms with Gasteiger partial charge in [-0.2, -0.15) is 0 Å². The molecule has 26 heavy (non-hydrogen) atoms. The van der Waals surface area contributed by atoms with E-state index in [4.69, 9.17) is 10.6 Å². The lowest BCUT2D eigenvalue weighted by Gasteiger charge is -2.16. The molecule has 1 aromatic heterocycles. The van der Waals surface area contributed by atoms with Crippen LogP contribution in [0.25, 0.3) is 0 Å². The van der Waals surface area contributed by atoms with Gasteiger partial charge >= 0.3 is 0 Å². The highest BCUT2D eigenvalue weighted by molar-refractivity contribution is 8.00. The van der Waals surface area contributed by atoms with Gasteiger partial charge in [0, 0.05) is 11.8 Å². The lowest BCUT2D eigenvalue weighted by molar-refractivity contribution is -0.115. The smallest absolute Gasteiger partial charge is 0.242 e. The summed E-state index contributed by atoms with van der Waals surface area (Å²) in [5.41, 5.74) is 1.50. The molecule has 3 aromatic rings. The summed E-state index contributed by atoms with van der Waals surface area (Å²) < 4.78 is 6.58. The Balaban J connectivity index is 1.87. The second-order valence-corrected chi connectivity index (χ2v) is 6.60. The van der Waals surface area contributed by atoms with Crippen molar-refractivity contribution in [1.29, 1.82) is 0 Å². The van der Waals surface area contributed by atoms with E-state index in [1.165, 1.54) is 16.4 Å². The second-order valence-electron chi connectivity index (χ2n) is 5.53. The topological polar surface area (TPSA) is 95.1 Å². The maximum atomic E-state index is 13.0. The van der Waals surface area contributed by atoms with E-state index in [0.717, 1.165) is 5.56 Å². The summed E-state index contributed by atoms with van der Waals surface area (Å²) in [7, 11) is 1.58. The number of ether oxygens (including phenoxy) is 1. The minimum atomic E-state index is -0.534. The van der Waals surface area contributed by atoms with Crippen LogP contribution in [0.3, 0.4) is 0 Å². The average molecular weight is 369 g/mol. The molecule has 0 unspecified atom stereocenters. The zero-order chi connectivity index (χ0) is 18.5. The lowest BCUT2D eigenvalue weighted by atomic mass is 10.1. The van der Waals surface area contributed by atoms with Crippen molar-refractivity contribution in [1.82, 2.24) is 14.9 Å². The largest absolute Gasteiger partial charge is 0.497 e. The highest BCUT2D eigenvalue weighted by Gasteiger charge is 2.25. The molecule has 0 fully saturated rings. The molecule has 1 heterocycles. The van der Waals surface area contributed by atoms with Gasteiger partial charge in [-0.1, -0.05) is 48.2 Å². The van der Waals surface area contributed by atoms with Crippen molar-refractivity contribution in [3.8, 4) is 5.75 Å². The fourth-order valence-corrected chi connectivity index (χ4v) is 3.35. The molecule has 7 nitrogen and oxygen atoms in total. The number of nitrogen functional groups attached to an aromatic ring is 1. The van der Waals surface area contributed by atoms with Crippen LogP contribution in [0.1, 0.15) is 16.6 Å². The number of rotatable bonds is 6. The van der Waals surface area contributed by atoms with E-state index in [1.54, 1.807) is 20.1 Å². The molecule has 0 spiro atoms. The van der Waals surface area contributed by atoms with Crippen molar-refractivity contribution in [2.75, 3.05) is 18.3 Å². The highest BCUT2D eigenvalue weighted by Crippen LogP contribution is 2.35. The van der Waals surface area contributed by atoms with Gasteiger partial charge in [-0.05, 0) is 24.6 Å². The number of benzene rings is 2. The molecule has 0 bridgehead atoms. The fraction of sp³-hybridized carbons (Fsp3) is 0.167. The summed E-state index contributed by atoms with van der Waals surface area (Å²) in [5, 5.41) is 10.9. The van der Waals surface area contributed by atoms with Gasteiger partial charge in [0.1, 0.15) is 16.8 Å². The number of nitrogens with two attached hydrogens (primary N) is 1. The molecule has 134 valence electrons. The van der Waals surface area contributed by atoms with Crippen LogP contribution in [0, 0.1) is 6.92 Å². The van der Waals surface area contributed by atoms with Crippen molar-refractivity contribution >= 4 is 23.4 Å². The van der Waals surface area contributed by atoms with Gasteiger partial charge in [0.25, 0.3) is 0 Å². The number of nitrogens with one attached hydrogen (secondary N) is 1. The van der Waals surface area contributed by atoms with Crippen molar-refractivity contribution in [3.05, 3.63) is 66.0 Å². The monoisotopic (exact) mass is 369 g/mol. The maximum absolute atomic E-state index is 13.0. The molecular formula is C18H19N5O2S. The Morgan fingerprint density at radius 1 is 1.19 bits per heavy atom. The Hall–Kier alpha value is -3.00. The van der Waals surface area contributed by atoms with Crippen LogP contribution in [-0.2, 0) is 4.79 Å². The summed E-state index contributed by atoms with van der Waals surface area (Å²) in [6.45, 7) is 1.75. The number of hydrogen-bond donors (Lipinski definition) is 2. The SMILES string of the molecule is COc1cccc(NC(=O)[C@@H](Sc2nnc(C)n2N)c2ccccc2)c1. The molecule has 2 aromatic carbocycles. The number of nitrogens with zero attached hydrogens (tertiary/aromatic N) is 3. The Kier molecular flexibility index (Phi) is 5.43. The minimum absolute atomic E-state index is 0.185. The van der Waals surface area contributed by atoms with Crippen molar-refractivity contribution < 1.29 is 9.53 Å². The number of carbonyl (C=O) groups excluding carboxylic acids is 1. The predicted octanol–water partition coefficient (Wildman–Crippen LogP) is 2.78. The van der Waals surface area contributed by atoms with Crippen LogP contribution in [0.4, 0.5) is 5.69 Å². The number of hydrogen-bond acceptors (Lipinski definition) is 6. The van der Waals surface area contributed by atoms with Crippen molar-refractivity contribution in [3.63, 3.8) is 0 Å². The first-order valence-corrected chi connectivity index (χ1v) is 8.80. The summed E-state index contributed by atoms with van der Waals surface area (Å²) in [6, 6.07) is 16.7. The molecule has 0 saturated heterocycles. The second kappa shape index (κ2) is 7.92. The average Bonchev–Trinajstić information content (AvgIpc) is 2.98. The molecule has 3 N–H and O–H groups in total. The highest BCUT2D eigenvalue weighted by atomic mass is 32.2. The van der Waals surface area contributed by atoms with Gasteiger partial charge in [0.15, 0.2) is 0 Å². The van der Waals surface area contributed by atoms with Crippen LogP contribution in [0.5, 0.6) is 5.75 Å². The molecular weight excluding hydrogens is 350 g/mol. The zero-order valence-electron chi connectivity index (χ0n) is 14.4. The normalized spacial score (nSPS) is 11.8.